The minimum absolute atomic E-state index is 0.0899. The van der Waals surface area contributed by atoms with Gasteiger partial charge < -0.3 is 10.2 Å². The van der Waals surface area contributed by atoms with E-state index in [1.54, 1.807) is 29.3 Å². The number of nitrogens with zero attached hydrogens (tertiary/aromatic N) is 3. The summed E-state index contributed by atoms with van der Waals surface area (Å²) < 4.78 is 1.00. The zero-order valence-corrected chi connectivity index (χ0v) is 17.5. The maximum atomic E-state index is 12.9. The average molecular weight is 417 g/mol. The predicted octanol–water partition coefficient (Wildman–Crippen LogP) is 2.59. The molecule has 6 heterocycles. The van der Waals surface area contributed by atoms with E-state index in [-0.39, 0.29) is 17.9 Å². The third-order valence-electron chi connectivity index (χ3n) is 6.35. The number of pyridine rings is 1. The minimum Gasteiger partial charge on any atom is -0.346 e. The van der Waals surface area contributed by atoms with Gasteiger partial charge >= 0.3 is 0 Å². The number of aromatic nitrogens is 1. The maximum Gasteiger partial charge on any atom is 0.270 e. The van der Waals surface area contributed by atoms with E-state index in [1.165, 1.54) is 0 Å². The predicted molar refractivity (Wildman–Crippen MR) is 114 cm³/mol. The Balaban J connectivity index is 1.36. The normalized spacial score (nSPS) is 30.0. The Morgan fingerprint density at radius 3 is 2.82 bits per heavy atom. The molecule has 4 fully saturated rings. The van der Waals surface area contributed by atoms with E-state index in [0.717, 1.165) is 53.3 Å². The fourth-order valence-corrected chi connectivity index (χ4v) is 6.60. The topological polar surface area (TPSA) is 65.5 Å². The molecule has 0 saturated carbocycles. The van der Waals surface area contributed by atoms with Gasteiger partial charge in [0.1, 0.15) is 5.69 Å². The van der Waals surface area contributed by atoms with Gasteiger partial charge in [-0.1, -0.05) is 0 Å². The van der Waals surface area contributed by atoms with Crippen LogP contribution in [0.25, 0.3) is 10.1 Å². The molecule has 0 aliphatic carbocycles. The van der Waals surface area contributed by atoms with E-state index in [2.05, 4.69) is 22.1 Å². The summed E-state index contributed by atoms with van der Waals surface area (Å²) in [4.78, 5) is 33.8. The van der Waals surface area contributed by atoms with E-state index < -0.39 is 0 Å². The van der Waals surface area contributed by atoms with Crippen LogP contribution in [-0.2, 0) is 4.79 Å². The first-order chi connectivity index (χ1) is 13.6. The van der Waals surface area contributed by atoms with Crippen molar-refractivity contribution in [2.45, 2.75) is 31.8 Å². The Morgan fingerprint density at radius 2 is 2.07 bits per heavy atom. The number of hydrogen-bond acceptors (Lipinski definition) is 6. The lowest BCUT2D eigenvalue weighted by atomic mass is 9.79. The number of rotatable bonds is 3. The van der Waals surface area contributed by atoms with E-state index in [1.807, 2.05) is 17.0 Å². The highest BCUT2D eigenvalue weighted by molar-refractivity contribution is 8.00. The Morgan fingerprint density at radius 1 is 1.25 bits per heavy atom. The highest BCUT2D eigenvalue weighted by Gasteiger charge is 2.40. The molecule has 2 aromatic rings. The van der Waals surface area contributed by atoms with Crippen molar-refractivity contribution >= 4 is 50.0 Å². The zero-order chi connectivity index (χ0) is 19.3. The van der Waals surface area contributed by atoms with Crippen LogP contribution in [-0.4, -0.2) is 64.9 Å². The number of piperidine rings is 3. The Kier molecular flexibility index (Phi) is 4.80. The summed E-state index contributed by atoms with van der Waals surface area (Å²) >= 11 is 3.25. The van der Waals surface area contributed by atoms with Crippen molar-refractivity contribution in [3.05, 3.63) is 24.0 Å². The van der Waals surface area contributed by atoms with Crippen molar-refractivity contribution in [3.63, 3.8) is 0 Å². The van der Waals surface area contributed by atoms with Crippen LogP contribution in [0.15, 0.2) is 18.3 Å². The number of fused-ring (bicyclic) bond motifs is 4. The summed E-state index contributed by atoms with van der Waals surface area (Å²) in [7, 11) is 0. The fraction of sp³-hybridized carbons (Fsp3) is 0.550. The van der Waals surface area contributed by atoms with E-state index >= 15 is 0 Å². The van der Waals surface area contributed by atoms with E-state index in [4.69, 9.17) is 0 Å². The fourth-order valence-electron chi connectivity index (χ4n) is 4.70. The van der Waals surface area contributed by atoms with Crippen LogP contribution in [0.2, 0.25) is 0 Å². The molecule has 6 nitrogen and oxygen atoms in total. The van der Waals surface area contributed by atoms with Crippen molar-refractivity contribution in [3.8, 4) is 0 Å². The number of carbonyl (C=O) groups excluding carboxylic acids is 2. The molecule has 1 N–H and O–H groups in total. The van der Waals surface area contributed by atoms with Gasteiger partial charge in [0, 0.05) is 40.7 Å². The highest BCUT2D eigenvalue weighted by Crippen LogP contribution is 2.35. The Bertz CT molecular complexity index is 920. The van der Waals surface area contributed by atoms with Crippen LogP contribution in [0.4, 0.5) is 5.00 Å². The molecule has 2 unspecified atom stereocenters. The Labute approximate surface area is 172 Å². The maximum absolute atomic E-state index is 12.9. The lowest BCUT2D eigenvalue weighted by Crippen LogP contribution is -2.62. The van der Waals surface area contributed by atoms with Crippen LogP contribution < -0.4 is 10.2 Å². The Hall–Kier alpha value is -1.64. The summed E-state index contributed by atoms with van der Waals surface area (Å²) in [6, 6.07) is 4.47. The van der Waals surface area contributed by atoms with Crippen molar-refractivity contribution in [2.75, 3.05) is 36.0 Å². The molecule has 0 radical (unpaired) electrons. The van der Waals surface area contributed by atoms with Crippen molar-refractivity contribution in [1.29, 1.82) is 0 Å². The van der Waals surface area contributed by atoms with Crippen LogP contribution in [0.3, 0.4) is 0 Å². The molecular formula is C20H24N4O2S2. The highest BCUT2D eigenvalue weighted by atomic mass is 32.2. The molecule has 2 bridgehead atoms. The number of anilines is 1. The molecule has 2 atom stereocenters. The molecular weight excluding hydrogens is 392 g/mol. The van der Waals surface area contributed by atoms with Gasteiger partial charge in [-0.15, -0.1) is 11.3 Å². The first-order valence-corrected chi connectivity index (χ1v) is 11.9. The van der Waals surface area contributed by atoms with Crippen LogP contribution in [0.5, 0.6) is 0 Å². The number of hydrogen-bond donors (Lipinski definition) is 1. The summed E-state index contributed by atoms with van der Waals surface area (Å²) in [5.41, 5.74) is 0.463. The molecule has 28 heavy (non-hydrogen) atoms. The van der Waals surface area contributed by atoms with Crippen molar-refractivity contribution < 1.29 is 9.59 Å². The quantitative estimate of drug-likeness (QED) is 0.833. The minimum atomic E-state index is -0.0899. The van der Waals surface area contributed by atoms with Gasteiger partial charge in [-0.2, -0.15) is 11.8 Å². The first-order valence-electron chi connectivity index (χ1n) is 9.93. The smallest absolute Gasteiger partial charge is 0.270 e. The second-order valence-electron chi connectivity index (χ2n) is 7.90. The lowest BCUT2D eigenvalue weighted by molar-refractivity contribution is -0.116. The molecule has 8 heteroatoms. The van der Waals surface area contributed by atoms with Gasteiger partial charge in [0.25, 0.3) is 5.91 Å². The van der Waals surface area contributed by atoms with Crippen LogP contribution in [0, 0.1) is 5.92 Å². The molecule has 6 rings (SSSR count). The average Bonchev–Trinajstić information content (AvgIpc) is 3.14. The zero-order valence-electron chi connectivity index (χ0n) is 15.9. The molecule has 2 amide bonds. The number of thioether (sulfide) groups is 1. The SMILES string of the molecule is CC1C(NC(=O)c2cc3sc(N4CCSCC4=O)cc3cn2)C2CCN1CC2. The first kappa shape index (κ1) is 18.4. The van der Waals surface area contributed by atoms with Crippen LogP contribution >= 0.6 is 23.1 Å². The number of amides is 2. The largest absolute Gasteiger partial charge is 0.346 e. The molecule has 2 aromatic heterocycles. The van der Waals surface area contributed by atoms with Gasteiger partial charge in [0.05, 0.1) is 10.8 Å². The van der Waals surface area contributed by atoms with Gasteiger partial charge in [0.2, 0.25) is 5.91 Å². The summed E-state index contributed by atoms with van der Waals surface area (Å²) in [6.45, 7) is 5.25. The molecule has 0 aromatic carbocycles. The van der Waals surface area contributed by atoms with Gasteiger partial charge in [0.15, 0.2) is 0 Å². The standard InChI is InChI=1S/C20H24N4O2S2/c1-12-19(13-2-4-23(12)5-3-13)22-20(26)15-9-16-14(10-21-15)8-18(28-16)24-6-7-27-11-17(24)25/h8-10,12-13,19H,2-7,11H2,1H3,(H,22,26). The molecule has 4 saturated heterocycles. The molecule has 0 spiro atoms. The summed E-state index contributed by atoms with van der Waals surface area (Å²) in [5.74, 6) is 2.14. The second-order valence-corrected chi connectivity index (χ2v) is 10.1. The van der Waals surface area contributed by atoms with Gasteiger partial charge in [-0.05, 0) is 50.9 Å². The second kappa shape index (κ2) is 7.31. The number of thiophene rings is 1. The third-order valence-corrected chi connectivity index (χ3v) is 8.39. The summed E-state index contributed by atoms with van der Waals surface area (Å²) in [6.07, 6.45) is 4.09. The van der Waals surface area contributed by atoms with Gasteiger partial charge in [-0.3, -0.25) is 19.5 Å². The summed E-state index contributed by atoms with van der Waals surface area (Å²) in [5, 5.41) is 5.19. The van der Waals surface area contributed by atoms with Gasteiger partial charge in [-0.25, -0.2) is 0 Å². The number of nitrogens with one attached hydrogen (secondary N) is 1. The monoisotopic (exact) mass is 416 g/mol. The van der Waals surface area contributed by atoms with E-state index in [9.17, 15) is 9.59 Å². The molecule has 148 valence electrons. The van der Waals surface area contributed by atoms with E-state index in [0.29, 0.717) is 23.4 Å². The third kappa shape index (κ3) is 3.21. The molecule has 4 aliphatic rings. The van der Waals surface area contributed by atoms with Crippen molar-refractivity contribution in [1.82, 2.24) is 15.2 Å². The lowest BCUT2D eigenvalue weighted by Gasteiger charge is -2.49. The van der Waals surface area contributed by atoms with Crippen molar-refractivity contribution in [2.24, 2.45) is 5.92 Å². The molecule has 4 aliphatic heterocycles. The number of carbonyl (C=O) groups is 2. The van der Waals surface area contributed by atoms with Crippen LogP contribution in [0.1, 0.15) is 30.3 Å².